The average Bonchev–Trinajstić information content (AvgIpc) is 2.48. The Kier molecular flexibility index (Phi) is 2.72. The molecule has 2 aliphatic rings. The molecule has 3 atom stereocenters. The molecule has 2 aromatic carbocycles. The second-order valence-corrected chi connectivity index (χ2v) is 5.52. The Morgan fingerprint density at radius 2 is 1.73 bits per heavy atom. The van der Waals surface area contributed by atoms with Crippen LogP contribution in [0.2, 0.25) is 0 Å². The number of benzene rings is 2. The lowest BCUT2D eigenvalue weighted by molar-refractivity contribution is -0.127. The van der Waals surface area contributed by atoms with Gasteiger partial charge >= 0.3 is 0 Å². The van der Waals surface area contributed by atoms with E-state index in [-0.39, 0.29) is 23.9 Å². The first-order valence-electron chi connectivity index (χ1n) is 6.88. The van der Waals surface area contributed by atoms with Gasteiger partial charge in [-0.2, -0.15) is 0 Å². The van der Waals surface area contributed by atoms with Gasteiger partial charge in [0.05, 0.1) is 6.61 Å². The van der Waals surface area contributed by atoms with Crippen molar-refractivity contribution in [2.24, 2.45) is 0 Å². The topological polar surface area (TPSA) is 99.4 Å². The van der Waals surface area contributed by atoms with E-state index >= 15 is 0 Å². The lowest BCUT2D eigenvalue weighted by Gasteiger charge is -2.40. The van der Waals surface area contributed by atoms with E-state index < -0.39 is 18.3 Å². The van der Waals surface area contributed by atoms with Gasteiger partial charge in [0.15, 0.2) is 17.6 Å². The van der Waals surface area contributed by atoms with E-state index in [9.17, 15) is 20.4 Å². The van der Waals surface area contributed by atoms with E-state index in [4.69, 9.17) is 9.47 Å². The summed E-state index contributed by atoms with van der Waals surface area (Å²) in [7, 11) is 0. The molecule has 2 aromatic rings. The number of rotatable bonds is 0. The molecule has 0 amide bonds. The van der Waals surface area contributed by atoms with Crippen molar-refractivity contribution < 1.29 is 29.9 Å². The minimum Gasteiger partial charge on any atom is -0.508 e. The highest BCUT2D eigenvalue weighted by molar-refractivity contribution is 5.50. The quantitative estimate of drug-likeness (QED) is 0.554. The number of phenols is 3. The Morgan fingerprint density at radius 3 is 2.55 bits per heavy atom. The summed E-state index contributed by atoms with van der Waals surface area (Å²) in [6.07, 6.45) is -2.15. The standard InChI is InChI=1S/C16H14O6/c17-8-1-2-9-13(4-8)22-15-10-5-12(19)11(18)3-7(10)6-21-16(15)14(9)20/h1-5,14-20H,6H2/t14-,15-,16-/m1/s1. The fourth-order valence-electron chi connectivity index (χ4n) is 3.05. The summed E-state index contributed by atoms with van der Waals surface area (Å²) in [5.74, 6) is -0.0675. The van der Waals surface area contributed by atoms with Crippen molar-refractivity contribution in [3.63, 3.8) is 0 Å². The minimum absolute atomic E-state index is 0.0369. The fourth-order valence-corrected chi connectivity index (χ4v) is 3.05. The summed E-state index contributed by atoms with van der Waals surface area (Å²) in [5, 5.41) is 39.4. The zero-order valence-electron chi connectivity index (χ0n) is 11.4. The van der Waals surface area contributed by atoms with Crippen LogP contribution < -0.4 is 4.74 Å². The Bertz CT molecular complexity index is 757. The van der Waals surface area contributed by atoms with Crippen LogP contribution in [0.4, 0.5) is 0 Å². The Hall–Kier alpha value is -2.44. The van der Waals surface area contributed by atoms with Crippen LogP contribution in [-0.2, 0) is 11.3 Å². The molecule has 114 valence electrons. The van der Waals surface area contributed by atoms with E-state index in [2.05, 4.69) is 0 Å². The monoisotopic (exact) mass is 302 g/mol. The van der Waals surface area contributed by atoms with Gasteiger partial charge < -0.3 is 29.9 Å². The SMILES string of the molecule is Oc1ccc2c(c1)O[C@@H]1c3cc(O)c(O)cc3CO[C@@H]1[C@@H]2O. The van der Waals surface area contributed by atoms with Gasteiger partial charge in [0.1, 0.15) is 23.7 Å². The van der Waals surface area contributed by atoms with Gasteiger partial charge in [-0.05, 0) is 29.8 Å². The molecule has 0 saturated heterocycles. The molecule has 0 aliphatic carbocycles. The highest BCUT2D eigenvalue weighted by atomic mass is 16.6. The smallest absolute Gasteiger partial charge is 0.157 e. The fraction of sp³-hybridized carbons (Fsp3) is 0.250. The average molecular weight is 302 g/mol. The molecule has 0 fully saturated rings. The first-order valence-corrected chi connectivity index (χ1v) is 6.88. The van der Waals surface area contributed by atoms with Gasteiger partial charge in [0.2, 0.25) is 0 Å². The molecule has 0 aromatic heterocycles. The lowest BCUT2D eigenvalue weighted by atomic mass is 9.87. The molecule has 0 radical (unpaired) electrons. The van der Waals surface area contributed by atoms with Crippen molar-refractivity contribution >= 4 is 0 Å². The number of hydrogen-bond acceptors (Lipinski definition) is 6. The van der Waals surface area contributed by atoms with Crippen molar-refractivity contribution in [3.05, 3.63) is 47.0 Å². The molecule has 2 aliphatic heterocycles. The molecule has 6 nitrogen and oxygen atoms in total. The lowest BCUT2D eigenvalue weighted by Crippen LogP contribution is -2.39. The maximum absolute atomic E-state index is 10.5. The van der Waals surface area contributed by atoms with Gasteiger partial charge in [-0.25, -0.2) is 0 Å². The number of aromatic hydroxyl groups is 3. The van der Waals surface area contributed by atoms with Crippen molar-refractivity contribution in [1.29, 1.82) is 0 Å². The molecule has 6 heteroatoms. The predicted molar refractivity (Wildman–Crippen MR) is 74.8 cm³/mol. The second-order valence-electron chi connectivity index (χ2n) is 5.52. The molecule has 0 bridgehead atoms. The van der Waals surface area contributed by atoms with Gasteiger partial charge in [-0.3, -0.25) is 0 Å². The highest BCUT2D eigenvalue weighted by Gasteiger charge is 2.43. The van der Waals surface area contributed by atoms with Crippen LogP contribution in [0.1, 0.15) is 28.9 Å². The van der Waals surface area contributed by atoms with Crippen molar-refractivity contribution in [1.82, 2.24) is 0 Å². The third kappa shape index (κ3) is 1.81. The van der Waals surface area contributed by atoms with Crippen molar-refractivity contribution in [2.45, 2.75) is 24.9 Å². The van der Waals surface area contributed by atoms with Crippen LogP contribution in [0.25, 0.3) is 0 Å². The van der Waals surface area contributed by atoms with Crippen LogP contribution in [0.5, 0.6) is 23.0 Å². The minimum atomic E-state index is -0.904. The third-order valence-electron chi connectivity index (χ3n) is 4.15. The summed E-state index contributed by atoms with van der Waals surface area (Å²) < 4.78 is 11.5. The largest absolute Gasteiger partial charge is 0.508 e. The normalized spacial score (nSPS) is 25.6. The first kappa shape index (κ1) is 13.2. The van der Waals surface area contributed by atoms with Crippen LogP contribution in [0, 0.1) is 0 Å². The van der Waals surface area contributed by atoms with E-state index in [0.29, 0.717) is 22.4 Å². The number of aliphatic hydroxyl groups is 1. The summed E-state index contributed by atoms with van der Waals surface area (Å²) in [4.78, 5) is 0. The Labute approximate surface area is 125 Å². The molecule has 4 rings (SSSR count). The third-order valence-corrected chi connectivity index (χ3v) is 4.15. The van der Waals surface area contributed by atoms with Crippen LogP contribution in [0.15, 0.2) is 30.3 Å². The Balaban J connectivity index is 1.83. The van der Waals surface area contributed by atoms with E-state index in [1.54, 1.807) is 6.07 Å². The van der Waals surface area contributed by atoms with Crippen molar-refractivity contribution in [2.75, 3.05) is 0 Å². The van der Waals surface area contributed by atoms with Gasteiger partial charge in [0, 0.05) is 17.2 Å². The van der Waals surface area contributed by atoms with Gasteiger partial charge in [-0.15, -0.1) is 0 Å². The molecular formula is C16H14O6. The number of hydrogen-bond donors (Lipinski definition) is 4. The van der Waals surface area contributed by atoms with Crippen LogP contribution in [-0.4, -0.2) is 26.5 Å². The molecule has 22 heavy (non-hydrogen) atoms. The maximum atomic E-state index is 10.5. The molecule has 2 heterocycles. The highest BCUT2D eigenvalue weighted by Crippen LogP contribution is 2.48. The van der Waals surface area contributed by atoms with Crippen LogP contribution >= 0.6 is 0 Å². The molecule has 4 N–H and O–H groups in total. The summed E-state index contributed by atoms with van der Waals surface area (Å²) in [6, 6.07) is 7.36. The molecule has 0 spiro atoms. The Morgan fingerprint density at radius 1 is 0.955 bits per heavy atom. The van der Waals surface area contributed by atoms with E-state index in [1.807, 2.05) is 0 Å². The van der Waals surface area contributed by atoms with E-state index in [0.717, 1.165) is 0 Å². The maximum Gasteiger partial charge on any atom is 0.157 e. The molecular weight excluding hydrogens is 288 g/mol. The molecule has 0 unspecified atom stereocenters. The second kappa shape index (κ2) is 4.53. The van der Waals surface area contributed by atoms with Crippen LogP contribution in [0.3, 0.4) is 0 Å². The summed E-state index contributed by atoms with van der Waals surface area (Å²) >= 11 is 0. The van der Waals surface area contributed by atoms with Gasteiger partial charge in [-0.1, -0.05) is 0 Å². The molecule has 0 saturated carbocycles. The van der Waals surface area contributed by atoms with Crippen molar-refractivity contribution in [3.8, 4) is 23.0 Å². The number of aliphatic hydroxyl groups excluding tert-OH is 1. The zero-order chi connectivity index (χ0) is 15.4. The number of phenolic OH excluding ortho intramolecular Hbond substituents is 3. The first-order chi connectivity index (χ1) is 10.5. The number of fused-ring (bicyclic) bond motifs is 4. The number of ether oxygens (including phenoxy) is 2. The summed E-state index contributed by atoms with van der Waals surface area (Å²) in [6.45, 7) is 0.207. The predicted octanol–water partition coefficient (Wildman–Crippen LogP) is 1.87. The zero-order valence-corrected chi connectivity index (χ0v) is 11.4. The van der Waals surface area contributed by atoms with Gasteiger partial charge in [0.25, 0.3) is 0 Å². The van der Waals surface area contributed by atoms with E-state index in [1.165, 1.54) is 24.3 Å². The summed E-state index contributed by atoms with van der Waals surface area (Å²) in [5.41, 5.74) is 1.89.